The number of rotatable bonds is 1. The highest BCUT2D eigenvalue weighted by molar-refractivity contribution is 6.03. The van der Waals surface area contributed by atoms with Gasteiger partial charge in [-0.05, 0) is 62.2 Å². The second-order valence-corrected chi connectivity index (χ2v) is 6.50. The third-order valence-electron chi connectivity index (χ3n) is 4.53. The van der Waals surface area contributed by atoms with E-state index in [9.17, 15) is 4.79 Å². The quantitative estimate of drug-likeness (QED) is 0.429. The van der Waals surface area contributed by atoms with Crippen LogP contribution in [0.3, 0.4) is 0 Å². The maximum atomic E-state index is 12.7. The summed E-state index contributed by atoms with van der Waals surface area (Å²) in [7, 11) is 0. The summed E-state index contributed by atoms with van der Waals surface area (Å²) < 4.78 is 5.73. The Balaban J connectivity index is 2.06. The number of carbonyl (C=O) groups excluding carboxylic acids is 1. The molecule has 1 heterocycles. The van der Waals surface area contributed by atoms with Gasteiger partial charge in [0, 0.05) is 5.69 Å². The molecule has 1 aliphatic rings. The molecule has 0 radical (unpaired) electrons. The van der Waals surface area contributed by atoms with Crippen LogP contribution in [0.25, 0.3) is 0 Å². The van der Waals surface area contributed by atoms with Crippen LogP contribution in [0.5, 0.6) is 5.75 Å². The van der Waals surface area contributed by atoms with E-state index in [0.29, 0.717) is 11.3 Å². The Morgan fingerprint density at radius 1 is 0.760 bits per heavy atom. The number of aryl methyl sites for hydroxylation is 3. The van der Waals surface area contributed by atoms with Gasteiger partial charge in [-0.1, -0.05) is 35.9 Å². The molecule has 0 bridgehead atoms. The van der Waals surface area contributed by atoms with Crippen LogP contribution >= 0.6 is 0 Å². The van der Waals surface area contributed by atoms with Crippen molar-refractivity contribution >= 4 is 23.0 Å². The van der Waals surface area contributed by atoms with Crippen LogP contribution in [0.15, 0.2) is 60.7 Å². The van der Waals surface area contributed by atoms with E-state index in [4.69, 9.17) is 4.74 Å². The third-order valence-corrected chi connectivity index (χ3v) is 4.53. The molecule has 0 saturated carbocycles. The maximum absolute atomic E-state index is 12.7. The van der Waals surface area contributed by atoms with E-state index in [-0.39, 0.29) is 5.97 Å². The molecule has 0 fully saturated rings. The van der Waals surface area contributed by atoms with Crippen molar-refractivity contribution in [2.75, 3.05) is 4.90 Å². The highest BCUT2D eigenvalue weighted by Crippen LogP contribution is 2.45. The number of hydrogen-bond acceptors (Lipinski definition) is 3. The molecular weight excluding hydrogens is 310 g/mol. The minimum absolute atomic E-state index is 0.318. The number of hydrogen-bond donors (Lipinski definition) is 0. The number of ether oxygens (including phenoxy) is 1. The zero-order chi connectivity index (χ0) is 17.6. The molecule has 3 aromatic rings. The molecule has 0 unspecified atom stereocenters. The van der Waals surface area contributed by atoms with Crippen molar-refractivity contribution in [3.05, 3.63) is 82.9 Å². The van der Waals surface area contributed by atoms with E-state index in [0.717, 1.165) is 33.8 Å². The number of para-hydroxylation sites is 1. The Bertz CT molecular complexity index is 991. The van der Waals surface area contributed by atoms with Gasteiger partial charge in [0.15, 0.2) is 5.75 Å². The fraction of sp³-hybridized carbons (Fsp3) is 0.136. The van der Waals surface area contributed by atoms with Crippen molar-refractivity contribution in [1.29, 1.82) is 0 Å². The fourth-order valence-electron chi connectivity index (χ4n) is 3.25. The Labute approximate surface area is 147 Å². The van der Waals surface area contributed by atoms with Gasteiger partial charge in [0.05, 0.1) is 16.9 Å². The largest absolute Gasteiger partial charge is 0.421 e. The summed E-state index contributed by atoms with van der Waals surface area (Å²) in [4.78, 5) is 14.9. The molecule has 0 amide bonds. The first-order chi connectivity index (χ1) is 12.0. The average molecular weight is 329 g/mol. The molecule has 0 spiro atoms. The second kappa shape index (κ2) is 5.78. The molecule has 1 aliphatic heterocycles. The number of carbonyl (C=O) groups is 1. The van der Waals surface area contributed by atoms with Gasteiger partial charge in [-0.3, -0.25) is 0 Å². The molecule has 0 saturated heterocycles. The van der Waals surface area contributed by atoms with Gasteiger partial charge >= 0.3 is 5.97 Å². The monoisotopic (exact) mass is 329 g/mol. The zero-order valence-corrected chi connectivity index (χ0v) is 14.5. The molecule has 0 N–H and O–H groups in total. The topological polar surface area (TPSA) is 29.5 Å². The van der Waals surface area contributed by atoms with Crippen LogP contribution in [0.4, 0.5) is 17.1 Å². The van der Waals surface area contributed by atoms with Crippen LogP contribution in [0, 0.1) is 20.8 Å². The maximum Gasteiger partial charge on any atom is 0.345 e. The molecule has 3 aromatic carbocycles. The molecule has 0 aromatic heterocycles. The van der Waals surface area contributed by atoms with Crippen molar-refractivity contribution in [1.82, 2.24) is 0 Å². The summed E-state index contributed by atoms with van der Waals surface area (Å²) in [5.74, 6) is 0.267. The molecule has 0 atom stereocenters. The van der Waals surface area contributed by atoms with Crippen LogP contribution in [-0.4, -0.2) is 5.97 Å². The van der Waals surface area contributed by atoms with E-state index >= 15 is 0 Å². The van der Waals surface area contributed by atoms with Crippen LogP contribution in [0.1, 0.15) is 27.0 Å². The highest BCUT2D eigenvalue weighted by atomic mass is 16.5. The third kappa shape index (κ3) is 2.58. The first-order valence-corrected chi connectivity index (χ1v) is 8.34. The van der Waals surface area contributed by atoms with E-state index in [1.54, 1.807) is 0 Å². The first-order valence-electron chi connectivity index (χ1n) is 8.34. The lowest BCUT2D eigenvalue weighted by Gasteiger charge is -2.27. The Morgan fingerprint density at radius 3 is 2.20 bits per heavy atom. The van der Waals surface area contributed by atoms with Crippen LogP contribution in [0.2, 0.25) is 0 Å². The predicted octanol–water partition coefficient (Wildman–Crippen LogP) is 5.61. The van der Waals surface area contributed by atoms with Gasteiger partial charge in [0.1, 0.15) is 0 Å². The lowest BCUT2D eigenvalue weighted by atomic mass is 10.1. The SMILES string of the molecule is Cc1ccc2c(c1)OC(=O)c1cc(C)ccc1N2c1ccccc1C. The second-order valence-electron chi connectivity index (χ2n) is 6.50. The van der Waals surface area contributed by atoms with Gasteiger partial charge in [0.2, 0.25) is 0 Å². The van der Waals surface area contributed by atoms with Gasteiger partial charge < -0.3 is 9.64 Å². The van der Waals surface area contributed by atoms with E-state index in [2.05, 4.69) is 24.0 Å². The Hall–Kier alpha value is -3.07. The van der Waals surface area contributed by atoms with Gasteiger partial charge in [-0.2, -0.15) is 0 Å². The summed E-state index contributed by atoms with van der Waals surface area (Å²) in [6, 6.07) is 20.0. The standard InChI is InChI=1S/C22H19NO2/c1-14-8-10-19-17(12-14)22(24)25-21-13-15(2)9-11-20(21)23(19)18-7-5-4-6-16(18)3/h4-13H,1-3H3. The number of anilines is 3. The summed E-state index contributed by atoms with van der Waals surface area (Å²) in [6.45, 7) is 6.05. The number of benzene rings is 3. The first kappa shape index (κ1) is 15.5. The van der Waals surface area contributed by atoms with Crippen LogP contribution < -0.4 is 9.64 Å². The van der Waals surface area contributed by atoms with E-state index in [1.807, 2.05) is 62.4 Å². The normalized spacial score (nSPS) is 12.9. The summed E-state index contributed by atoms with van der Waals surface area (Å²) >= 11 is 0. The predicted molar refractivity (Wildman–Crippen MR) is 100 cm³/mol. The van der Waals surface area contributed by atoms with Crippen molar-refractivity contribution in [2.24, 2.45) is 0 Å². The molecule has 25 heavy (non-hydrogen) atoms. The minimum Gasteiger partial charge on any atom is -0.421 e. The highest BCUT2D eigenvalue weighted by Gasteiger charge is 2.28. The van der Waals surface area contributed by atoms with Gasteiger partial charge in [-0.25, -0.2) is 4.79 Å². The summed E-state index contributed by atoms with van der Waals surface area (Å²) in [6.07, 6.45) is 0. The van der Waals surface area contributed by atoms with Crippen molar-refractivity contribution in [3.8, 4) is 5.75 Å². The fourth-order valence-corrected chi connectivity index (χ4v) is 3.25. The smallest absolute Gasteiger partial charge is 0.345 e. The lowest BCUT2D eigenvalue weighted by molar-refractivity contribution is 0.0738. The molecule has 3 nitrogen and oxygen atoms in total. The number of fused-ring (bicyclic) bond motifs is 2. The van der Waals surface area contributed by atoms with Crippen molar-refractivity contribution in [2.45, 2.75) is 20.8 Å². The molecule has 124 valence electrons. The van der Waals surface area contributed by atoms with Crippen LogP contribution in [-0.2, 0) is 0 Å². The average Bonchev–Trinajstić information content (AvgIpc) is 2.69. The summed E-state index contributed by atoms with van der Waals surface area (Å²) in [5, 5.41) is 0. The van der Waals surface area contributed by atoms with E-state index < -0.39 is 0 Å². The Kier molecular flexibility index (Phi) is 3.57. The van der Waals surface area contributed by atoms with Crippen molar-refractivity contribution < 1.29 is 9.53 Å². The van der Waals surface area contributed by atoms with E-state index in [1.165, 1.54) is 0 Å². The molecule has 0 aliphatic carbocycles. The Morgan fingerprint density at radius 2 is 1.44 bits per heavy atom. The van der Waals surface area contributed by atoms with Gasteiger partial charge in [-0.15, -0.1) is 0 Å². The summed E-state index contributed by atoms with van der Waals surface area (Å²) in [5.41, 5.74) is 6.55. The zero-order valence-electron chi connectivity index (χ0n) is 14.5. The number of esters is 1. The lowest BCUT2D eigenvalue weighted by Crippen LogP contribution is -2.13. The van der Waals surface area contributed by atoms with Gasteiger partial charge in [0.25, 0.3) is 0 Å². The molecule has 3 heteroatoms. The number of nitrogens with zero attached hydrogens (tertiary/aromatic N) is 1. The van der Waals surface area contributed by atoms with Crippen molar-refractivity contribution in [3.63, 3.8) is 0 Å². The molecule has 4 rings (SSSR count). The molecular formula is C22H19NO2. The minimum atomic E-state index is -0.318.